The quantitative estimate of drug-likeness (QED) is 0.341. The van der Waals surface area contributed by atoms with Gasteiger partial charge in [-0.3, -0.25) is 9.59 Å². The number of hydrogen-bond donors (Lipinski definition) is 0. The van der Waals surface area contributed by atoms with Crippen LogP contribution >= 0.6 is 34.8 Å². The SMILES string of the molecule is CO/C(=C/C(=O)C(Cl)(Cl)Cl)COC(C)=O. The molecule has 0 amide bonds. The second-order valence-corrected chi connectivity index (χ2v) is 4.74. The number of alkyl halides is 3. The molecule has 7 heteroatoms. The van der Waals surface area contributed by atoms with Crippen LogP contribution in [-0.2, 0) is 19.1 Å². The topological polar surface area (TPSA) is 52.6 Å². The molecule has 0 fully saturated rings. The van der Waals surface area contributed by atoms with Crippen molar-refractivity contribution >= 4 is 46.6 Å². The largest absolute Gasteiger partial charge is 0.497 e. The molecular formula is C8H9Cl3O4. The van der Waals surface area contributed by atoms with Gasteiger partial charge in [-0.2, -0.15) is 0 Å². The van der Waals surface area contributed by atoms with Gasteiger partial charge in [-0.15, -0.1) is 0 Å². The summed E-state index contributed by atoms with van der Waals surface area (Å²) in [4.78, 5) is 21.7. The summed E-state index contributed by atoms with van der Waals surface area (Å²) in [6.07, 6.45) is 0.968. The van der Waals surface area contributed by atoms with Crippen molar-refractivity contribution in [2.24, 2.45) is 0 Å². The highest BCUT2D eigenvalue weighted by Gasteiger charge is 2.29. The number of esters is 1. The number of halogens is 3. The van der Waals surface area contributed by atoms with Crippen LogP contribution in [0.25, 0.3) is 0 Å². The van der Waals surface area contributed by atoms with E-state index in [0.29, 0.717) is 0 Å². The smallest absolute Gasteiger partial charge is 0.303 e. The van der Waals surface area contributed by atoms with Crippen LogP contribution in [0.5, 0.6) is 0 Å². The van der Waals surface area contributed by atoms with E-state index in [9.17, 15) is 9.59 Å². The molecule has 0 rings (SSSR count). The molecule has 0 heterocycles. The molecule has 0 aliphatic heterocycles. The van der Waals surface area contributed by atoms with Crippen LogP contribution < -0.4 is 0 Å². The Morgan fingerprint density at radius 1 is 1.33 bits per heavy atom. The van der Waals surface area contributed by atoms with Gasteiger partial charge in [-0.05, 0) is 0 Å². The summed E-state index contributed by atoms with van der Waals surface area (Å²) < 4.78 is 7.31. The highest BCUT2D eigenvalue weighted by atomic mass is 35.6. The minimum atomic E-state index is -2.04. The summed E-state index contributed by atoms with van der Waals surface area (Å²) >= 11 is 16.0. The monoisotopic (exact) mass is 274 g/mol. The summed E-state index contributed by atoms with van der Waals surface area (Å²) in [6, 6.07) is 0. The first kappa shape index (κ1) is 14.6. The molecule has 0 N–H and O–H groups in total. The summed E-state index contributed by atoms with van der Waals surface area (Å²) in [7, 11) is 1.31. The summed E-state index contributed by atoms with van der Waals surface area (Å²) in [5.74, 6) is -1.17. The molecule has 0 bridgehead atoms. The number of carbonyl (C=O) groups excluding carboxylic acids is 2. The van der Waals surface area contributed by atoms with E-state index in [-0.39, 0.29) is 12.4 Å². The van der Waals surface area contributed by atoms with E-state index < -0.39 is 15.5 Å². The van der Waals surface area contributed by atoms with E-state index in [1.807, 2.05) is 0 Å². The molecule has 15 heavy (non-hydrogen) atoms. The number of allylic oxidation sites excluding steroid dienone is 1. The fraction of sp³-hybridized carbons (Fsp3) is 0.500. The van der Waals surface area contributed by atoms with Crippen molar-refractivity contribution in [2.45, 2.75) is 10.7 Å². The van der Waals surface area contributed by atoms with Gasteiger partial charge in [-0.25, -0.2) is 0 Å². The van der Waals surface area contributed by atoms with E-state index in [0.717, 1.165) is 6.08 Å². The Balaban J connectivity index is 4.46. The number of rotatable bonds is 4. The van der Waals surface area contributed by atoms with E-state index in [2.05, 4.69) is 4.74 Å². The summed E-state index contributed by atoms with van der Waals surface area (Å²) in [6.45, 7) is 1.04. The third kappa shape index (κ3) is 6.60. The number of carbonyl (C=O) groups is 2. The van der Waals surface area contributed by atoms with E-state index in [1.54, 1.807) is 0 Å². The van der Waals surface area contributed by atoms with E-state index >= 15 is 0 Å². The van der Waals surface area contributed by atoms with Gasteiger partial charge >= 0.3 is 5.97 Å². The lowest BCUT2D eigenvalue weighted by atomic mass is 10.3. The summed E-state index contributed by atoms with van der Waals surface area (Å²) in [5, 5.41) is 0. The fourth-order valence-corrected chi connectivity index (χ4v) is 0.724. The van der Waals surface area contributed by atoms with Crippen LogP contribution in [0.15, 0.2) is 11.8 Å². The Kier molecular flexibility index (Phi) is 6.02. The molecule has 0 atom stereocenters. The first-order chi connectivity index (χ1) is 6.77. The zero-order valence-corrected chi connectivity index (χ0v) is 10.3. The van der Waals surface area contributed by atoms with Crippen LogP contribution in [0.3, 0.4) is 0 Å². The fourth-order valence-electron chi connectivity index (χ4n) is 0.560. The third-order valence-corrected chi connectivity index (χ3v) is 1.81. The predicted molar refractivity (Wildman–Crippen MR) is 57.0 cm³/mol. The van der Waals surface area contributed by atoms with Crippen molar-refractivity contribution in [1.29, 1.82) is 0 Å². The minimum Gasteiger partial charge on any atom is -0.497 e. The van der Waals surface area contributed by atoms with Crippen LogP contribution in [0.1, 0.15) is 6.92 Å². The maximum absolute atomic E-state index is 11.2. The molecular weight excluding hydrogens is 266 g/mol. The van der Waals surface area contributed by atoms with Crippen LogP contribution in [0.4, 0.5) is 0 Å². The van der Waals surface area contributed by atoms with Gasteiger partial charge in [0, 0.05) is 13.0 Å². The second kappa shape index (κ2) is 6.20. The van der Waals surface area contributed by atoms with Gasteiger partial charge < -0.3 is 9.47 Å². The van der Waals surface area contributed by atoms with Crippen molar-refractivity contribution in [2.75, 3.05) is 13.7 Å². The number of hydrogen-bond acceptors (Lipinski definition) is 4. The standard InChI is InChI=1S/C8H9Cl3O4/c1-5(12)15-4-6(14-2)3-7(13)8(9,10)11/h3H,4H2,1-2H3/b6-3+. The molecule has 0 aromatic rings. The Labute approximate surface area is 102 Å². The average molecular weight is 276 g/mol. The Hall–Kier alpha value is -0.450. The normalized spacial score (nSPS) is 12.2. The highest BCUT2D eigenvalue weighted by molar-refractivity contribution is 6.77. The summed E-state index contributed by atoms with van der Waals surface area (Å²) in [5.41, 5.74) is 0. The van der Waals surface area contributed by atoms with Gasteiger partial charge in [0.15, 0.2) is 0 Å². The maximum Gasteiger partial charge on any atom is 0.303 e. The van der Waals surface area contributed by atoms with Gasteiger partial charge in [0.1, 0.15) is 12.4 Å². The van der Waals surface area contributed by atoms with Gasteiger partial charge in [0.25, 0.3) is 3.79 Å². The zero-order chi connectivity index (χ0) is 12.1. The predicted octanol–water partition coefficient (Wildman–Crippen LogP) is 2.02. The molecule has 0 aliphatic rings. The van der Waals surface area contributed by atoms with Crippen LogP contribution in [0.2, 0.25) is 0 Å². The lowest BCUT2D eigenvalue weighted by molar-refractivity contribution is -0.140. The van der Waals surface area contributed by atoms with Crippen molar-refractivity contribution < 1.29 is 19.1 Å². The van der Waals surface area contributed by atoms with Crippen molar-refractivity contribution in [1.82, 2.24) is 0 Å². The van der Waals surface area contributed by atoms with Crippen LogP contribution in [0, 0.1) is 0 Å². The molecule has 4 nitrogen and oxygen atoms in total. The number of ketones is 1. The minimum absolute atomic E-state index is 0.0986. The molecule has 86 valence electrons. The molecule has 0 aromatic heterocycles. The Morgan fingerprint density at radius 3 is 2.20 bits per heavy atom. The van der Waals surface area contributed by atoms with Gasteiger partial charge in [0.2, 0.25) is 5.78 Å². The third-order valence-electron chi connectivity index (χ3n) is 1.25. The second-order valence-electron chi connectivity index (χ2n) is 2.46. The van der Waals surface area contributed by atoms with Crippen molar-refractivity contribution in [3.05, 3.63) is 11.8 Å². The first-order valence-corrected chi connectivity index (χ1v) is 4.90. The van der Waals surface area contributed by atoms with E-state index in [1.165, 1.54) is 14.0 Å². The molecule has 0 aliphatic carbocycles. The van der Waals surface area contributed by atoms with Crippen LogP contribution in [-0.4, -0.2) is 29.3 Å². The van der Waals surface area contributed by atoms with Gasteiger partial charge in [0.05, 0.1) is 7.11 Å². The molecule has 0 aromatic carbocycles. The number of methoxy groups -OCH3 is 1. The van der Waals surface area contributed by atoms with Crippen molar-refractivity contribution in [3.8, 4) is 0 Å². The lowest BCUT2D eigenvalue weighted by Gasteiger charge is -2.09. The van der Waals surface area contributed by atoms with Crippen molar-refractivity contribution in [3.63, 3.8) is 0 Å². The molecule has 0 saturated heterocycles. The maximum atomic E-state index is 11.2. The number of ether oxygens (including phenoxy) is 2. The molecule has 0 unspecified atom stereocenters. The molecule has 0 saturated carbocycles. The first-order valence-electron chi connectivity index (χ1n) is 3.76. The lowest BCUT2D eigenvalue weighted by Crippen LogP contribution is -2.18. The highest BCUT2D eigenvalue weighted by Crippen LogP contribution is 2.27. The molecule has 0 spiro atoms. The average Bonchev–Trinajstić information content (AvgIpc) is 2.09. The van der Waals surface area contributed by atoms with E-state index in [4.69, 9.17) is 39.5 Å². The zero-order valence-electron chi connectivity index (χ0n) is 8.05. The van der Waals surface area contributed by atoms with Gasteiger partial charge in [-0.1, -0.05) is 34.8 Å². The Bertz CT molecular complexity index is 280. The Morgan fingerprint density at radius 2 is 1.87 bits per heavy atom. The molecule has 0 radical (unpaired) electrons.